The van der Waals surface area contributed by atoms with E-state index >= 15 is 0 Å². The van der Waals surface area contributed by atoms with Gasteiger partial charge in [0.2, 0.25) is 0 Å². The lowest BCUT2D eigenvalue weighted by atomic mass is 10.1. The first-order valence-corrected chi connectivity index (χ1v) is 7.91. The predicted octanol–water partition coefficient (Wildman–Crippen LogP) is 3.52. The van der Waals surface area contributed by atoms with Gasteiger partial charge in [0.25, 0.3) is 0 Å². The summed E-state index contributed by atoms with van der Waals surface area (Å²) in [5.74, 6) is 1.29. The zero-order chi connectivity index (χ0) is 17.6. The molecule has 0 radical (unpaired) electrons. The van der Waals surface area contributed by atoms with Gasteiger partial charge in [0.15, 0.2) is 0 Å². The molecule has 0 atom stereocenters. The first-order valence-electron chi connectivity index (χ1n) is 7.91. The van der Waals surface area contributed by atoms with E-state index < -0.39 is 0 Å². The summed E-state index contributed by atoms with van der Waals surface area (Å²) in [4.78, 5) is 0. The van der Waals surface area contributed by atoms with Crippen LogP contribution in [-0.2, 0) is 13.1 Å². The zero-order valence-electron chi connectivity index (χ0n) is 14.2. The Morgan fingerprint density at radius 1 is 1.00 bits per heavy atom. The summed E-state index contributed by atoms with van der Waals surface area (Å²) in [5, 5.41) is 10.5. The number of rotatable bonds is 7. The van der Waals surface area contributed by atoms with E-state index in [0.717, 1.165) is 33.9 Å². The number of hydrogen-bond acceptors (Lipinski definition) is 4. The van der Waals surface area contributed by atoms with Crippen molar-refractivity contribution < 1.29 is 13.9 Å². The maximum absolute atomic E-state index is 13.1. The van der Waals surface area contributed by atoms with Crippen LogP contribution in [0.4, 0.5) is 4.39 Å². The van der Waals surface area contributed by atoms with Gasteiger partial charge >= 0.3 is 0 Å². The van der Waals surface area contributed by atoms with Gasteiger partial charge in [0, 0.05) is 29.8 Å². The molecular formula is C19H20FN3O2. The van der Waals surface area contributed by atoms with Gasteiger partial charge in [-0.1, -0.05) is 6.07 Å². The average molecular weight is 341 g/mol. The third-order valence-electron chi connectivity index (χ3n) is 4.00. The molecule has 0 fully saturated rings. The molecule has 0 amide bonds. The van der Waals surface area contributed by atoms with Crippen LogP contribution in [-0.4, -0.2) is 24.4 Å². The van der Waals surface area contributed by atoms with Crippen LogP contribution in [0.2, 0.25) is 0 Å². The number of benzene rings is 2. The van der Waals surface area contributed by atoms with Gasteiger partial charge in [-0.15, -0.1) is 0 Å². The maximum Gasteiger partial charge on any atom is 0.127 e. The third kappa shape index (κ3) is 3.80. The average Bonchev–Trinajstić information content (AvgIpc) is 3.11. The molecule has 0 saturated carbocycles. The van der Waals surface area contributed by atoms with Gasteiger partial charge in [-0.05, 0) is 36.4 Å². The number of nitrogens with one attached hydrogen (secondary N) is 2. The standard InChI is InChI=1S/C19H20FN3O2/c1-24-17-4-3-5-18(25-2)16(17)12-21-10-14-11-22-23-19(14)13-6-8-15(20)9-7-13/h3-9,11,21H,10,12H2,1-2H3,(H,22,23). The number of aromatic amines is 1. The van der Waals surface area contributed by atoms with Gasteiger partial charge in [-0.3, -0.25) is 5.10 Å². The first-order chi connectivity index (χ1) is 12.2. The molecule has 25 heavy (non-hydrogen) atoms. The number of hydrogen-bond donors (Lipinski definition) is 2. The lowest BCUT2D eigenvalue weighted by Crippen LogP contribution is -2.14. The Labute approximate surface area is 145 Å². The second-order valence-corrected chi connectivity index (χ2v) is 5.52. The van der Waals surface area contributed by atoms with E-state index in [0.29, 0.717) is 13.1 Å². The molecule has 130 valence electrons. The van der Waals surface area contributed by atoms with Crippen LogP contribution in [0.5, 0.6) is 11.5 Å². The van der Waals surface area contributed by atoms with Crippen molar-refractivity contribution in [3.8, 4) is 22.8 Å². The summed E-state index contributed by atoms with van der Waals surface area (Å²) in [6, 6.07) is 12.0. The molecule has 3 rings (SSSR count). The summed E-state index contributed by atoms with van der Waals surface area (Å²) in [6.07, 6.45) is 1.77. The Morgan fingerprint density at radius 2 is 1.68 bits per heavy atom. The lowest BCUT2D eigenvalue weighted by molar-refractivity contribution is 0.382. The van der Waals surface area contributed by atoms with Crippen LogP contribution < -0.4 is 14.8 Å². The summed E-state index contributed by atoms with van der Waals surface area (Å²) in [7, 11) is 3.28. The highest BCUT2D eigenvalue weighted by Gasteiger charge is 2.11. The molecule has 0 bridgehead atoms. The zero-order valence-corrected chi connectivity index (χ0v) is 14.2. The molecule has 0 aliphatic carbocycles. The minimum atomic E-state index is -0.258. The molecule has 0 aliphatic heterocycles. The van der Waals surface area contributed by atoms with Gasteiger partial charge in [0.05, 0.1) is 26.1 Å². The Bertz CT molecular complexity index is 809. The fourth-order valence-corrected chi connectivity index (χ4v) is 2.74. The summed E-state index contributed by atoms with van der Waals surface area (Å²) in [5.41, 5.74) is 3.73. The summed E-state index contributed by atoms with van der Waals surface area (Å²) < 4.78 is 23.9. The molecule has 5 nitrogen and oxygen atoms in total. The lowest BCUT2D eigenvalue weighted by Gasteiger charge is -2.13. The molecule has 0 saturated heterocycles. The molecule has 1 heterocycles. The highest BCUT2D eigenvalue weighted by Crippen LogP contribution is 2.28. The predicted molar refractivity (Wildman–Crippen MR) is 94.1 cm³/mol. The minimum absolute atomic E-state index is 0.258. The number of H-pyrrole nitrogens is 1. The minimum Gasteiger partial charge on any atom is -0.496 e. The van der Waals surface area contributed by atoms with Gasteiger partial charge < -0.3 is 14.8 Å². The van der Waals surface area contributed by atoms with Crippen molar-refractivity contribution in [3.05, 3.63) is 65.6 Å². The highest BCUT2D eigenvalue weighted by atomic mass is 19.1. The van der Waals surface area contributed by atoms with E-state index in [1.165, 1.54) is 12.1 Å². The van der Waals surface area contributed by atoms with E-state index in [2.05, 4.69) is 15.5 Å². The number of ether oxygens (including phenoxy) is 2. The van der Waals surface area contributed by atoms with E-state index in [1.54, 1.807) is 32.5 Å². The van der Waals surface area contributed by atoms with Crippen molar-refractivity contribution in [1.82, 2.24) is 15.5 Å². The smallest absolute Gasteiger partial charge is 0.127 e. The number of aromatic nitrogens is 2. The molecule has 2 N–H and O–H groups in total. The Morgan fingerprint density at radius 3 is 2.32 bits per heavy atom. The third-order valence-corrected chi connectivity index (χ3v) is 4.00. The molecule has 0 aliphatic rings. The largest absolute Gasteiger partial charge is 0.496 e. The molecule has 2 aromatic carbocycles. The number of halogens is 1. The molecule has 0 spiro atoms. The van der Waals surface area contributed by atoms with Gasteiger partial charge in [-0.2, -0.15) is 5.10 Å². The van der Waals surface area contributed by atoms with Crippen LogP contribution in [0.3, 0.4) is 0 Å². The molecular weight excluding hydrogens is 321 g/mol. The van der Waals surface area contributed by atoms with E-state index in [9.17, 15) is 4.39 Å². The SMILES string of the molecule is COc1cccc(OC)c1CNCc1cn[nH]c1-c1ccc(F)cc1. The van der Waals surface area contributed by atoms with Gasteiger partial charge in [-0.25, -0.2) is 4.39 Å². The van der Waals surface area contributed by atoms with Crippen LogP contribution in [0.15, 0.2) is 48.7 Å². The maximum atomic E-state index is 13.1. The van der Waals surface area contributed by atoms with E-state index in [-0.39, 0.29) is 5.82 Å². The Hall–Kier alpha value is -2.86. The fourth-order valence-electron chi connectivity index (χ4n) is 2.74. The van der Waals surface area contributed by atoms with Crippen molar-refractivity contribution >= 4 is 0 Å². The van der Waals surface area contributed by atoms with Crippen molar-refractivity contribution in [2.45, 2.75) is 13.1 Å². The molecule has 3 aromatic rings. The van der Waals surface area contributed by atoms with Crippen molar-refractivity contribution in [2.75, 3.05) is 14.2 Å². The molecule has 6 heteroatoms. The van der Waals surface area contributed by atoms with Crippen LogP contribution >= 0.6 is 0 Å². The normalized spacial score (nSPS) is 10.7. The van der Waals surface area contributed by atoms with Crippen LogP contribution in [0, 0.1) is 5.82 Å². The van der Waals surface area contributed by atoms with Crippen LogP contribution in [0.25, 0.3) is 11.3 Å². The molecule has 0 unspecified atom stereocenters. The summed E-state index contributed by atoms with van der Waals surface area (Å²) in [6.45, 7) is 1.19. The monoisotopic (exact) mass is 341 g/mol. The molecule has 1 aromatic heterocycles. The number of nitrogens with zero attached hydrogens (tertiary/aromatic N) is 1. The van der Waals surface area contributed by atoms with Crippen molar-refractivity contribution in [2.24, 2.45) is 0 Å². The van der Waals surface area contributed by atoms with Crippen molar-refractivity contribution in [3.63, 3.8) is 0 Å². The van der Waals surface area contributed by atoms with Crippen LogP contribution in [0.1, 0.15) is 11.1 Å². The second-order valence-electron chi connectivity index (χ2n) is 5.52. The topological polar surface area (TPSA) is 59.2 Å². The number of methoxy groups -OCH3 is 2. The quantitative estimate of drug-likeness (QED) is 0.690. The first kappa shape index (κ1) is 17.0. The van der Waals surface area contributed by atoms with Crippen molar-refractivity contribution in [1.29, 1.82) is 0 Å². The second kappa shape index (κ2) is 7.81. The fraction of sp³-hybridized carbons (Fsp3) is 0.211. The van der Waals surface area contributed by atoms with E-state index in [4.69, 9.17) is 9.47 Å². The Kier molecular flexibility index (Phi) is 5.30. The van der Waals surface area contributed by atoms with E-state index in [1.807, 2.05) is 18.2 Å². The van der Waals surface area contributed by atoms with Gasteiger partial charge in [0.1, 0.15) is 17.3 Å². The highest BCUT2D eigenvalue weighted by molar-refractivity contribution is 5.62. The Balaban J connectivity index is 1.72. The summed E-state index contributed by atoms with van der Waals surface area (Å²) >= 11 is 0.